The minimum atomic E-state index is -2.65. The first-order valence-electron chi connectivity index (χ1n) is 16.9. The molecule has 0 N–H and O–H groups in total. The van der Waals surface area contributed by atoms with Gasteiger partial charge in [-0.05, 0) is 78.7 Å². The maximum Gasteiger partial charge on any atom is 0.189 e. The standard InChI is InChI=1S/C46H31NOSi/c1-2-13-32(14-3-1)33-25-27-35(28-26-33)47(40-20-12-16-34-15-4-5-17-37(34)40)36-29-30-46-42(31-36)48-41-21-8-11-24-45(41)49(46)43-22-9-6-18-38(43)39-19-7-10-23-44(39)49/h1-31H. The van der Waals surface area contributed by atoms with Crippen LogP contribution in [0, 0.1) is 0 Å². The van der Waals surface area contributed by atoms with Crippen molar-refractivity contribution in [2.24, 2.45) is 0 Å². The fourth-order valence-electron chi connectivity index (χ4n) is 8.25. The van der Waals surface area contributed by atoms with Gasteiger partial charge in [0.25, 0.3) is 0 Å². The molecule has 0 bridgehead atoms. The summed E-state index contributed by atoms with van der Waals surface area (Å²) in [4.78, 5) is 2.38. The third-order valence-electron chi connectivity index (χ3n) is 10.3. The lowest BCUT2D eigenvalue weighted by Crippen LogP contribution is -2.74. The van der Waals surface area contributed by atoms with Gasteiger partial charge in [-0.25, -0.2) is 0 Å². The second-order valence-corrected chi connectivity index (χ2v) is 16.5. The van der Waals surface area contributed by atoms with Crippen LogP contribution in [-0.2, 0) is 0 Å². The Morgan fingerprint density at radius 2 is 0.959 bits per heavy atom. The molecule has 0 fully saturated rings. The molecule has 1 spiro atoms. The molecule has 230 valence electrons. The van der Waals surface area contributed by atoms with Gasteiger partial charge in [-0.15, -0.1) is 0 Å². The highest BCUT2D eigenvalue weighted by Crippen LogP contribution is 2.43. The van der Waals surface area contributed by atoms with Gasteiger partial charge in [-0.3, -0.25) is 0 Å². The lowest BCUT2D eigenvalue weighted by atomic mass is 10.0. The van der Waals surface area contributed by atoms with Crippen LogP contribution in [0.2, 0.25) is 0 Å². The fourth-order valence-corrected chi connectivity index (χ4v) is 13.6. The van der Waals surface area contributed by atoms with Crippen molar-refractivity contribution in [1.82, 2.24) is 0 Å². The van der Waals surface area contributed by atoms with Crippen LogP contribution >= 0.6 is 0 Å². The molecule has 0 atom stereocenters. The van der Waals surface area contributed by atoms with E-state index in [1.54, 1.807) is 0 Å². The lowest BCUT2D eigenvalue weighted by molar-refractivity contribution is 0.487. The van der Waals surface area contributed by atoms with E-state index in [0.29, 0.717) is 0 Å². The topological polar surface area (TPSA) is 12.5 Å². The van der Waals surface area contributed by atoms with Gasteiger partial charge in [0.2, 0.25) is 0 Å². The Labute approximate surface area is 287 Å². The molecule has 2 nitrogen and oxygen atoms in total. The highest BCUT2D eigenvalue weighted by molar-refractivity contribution is 7.23. The van der Waals surface area contributed by atoms with Crippen molar-refractivity contribution in [1.29, 1.82) is 0 Å². The number of ether oxygens (including phenoxy) is 1. The summed E-state index contributed by atoms with van der Waals surface area (Å²) in [7, 11) is -2.65. The Kier molecular flexibility index (Phi) is 6.23. The summed E-state index contributed by atoms with van der Waals surface area (Å²) < 4.78 is 6.93. The van der Waals surface area contributed by atoms with Crippen LogP contribution < -0.4 is 30.4 Å². The van der Waals surface area contributed by atoms with Gasteiger partial charge < -0.3 is 9.64 Å². The highest BCUT2D eigenvalue weighted by Gasteiger charge is 2.53. The van der Waals surface area contributed by atoms with E-state index < -0.39 is 8.07 Å². The van der Waals surface area contributed by atoms with E-state index in [1.165, 1.54) is 53.8 Å². The van der Waals surface area contributed by atoms with Gasteiger partial charge in [0.1, 0.15) is 11.5 Å². The summed E-state index contributed by atoms with van der Waals surface area (Å²) in [5, 5.41) is 7.89. The van der Waals surface area contributed by atoms with Crippen LogP contribution in [0.4, 0.5) is 17.1 Å². The SMILES string of the molecule is c1ccc(-c2ccc(N(c3ccc4c(c3)Oc3ccccc3[Si]43c4ccccc4-c4ccccc43)c3cccc4ccccc34)cc2)cc1. The second-order valence-electron chi connectivity index (χ2n) is 12.9. The Morgan fingerprint density at radius 3 is 1.73 bits per heavy atom. The third kappa shape index (κ3) is 4.13. The Bertz CT molecular complexity index is 2490. The molecule has 0 saturated heterocycles. The first kappa shape index (κ1) is 27.9. The Balaban J connectivity index is 1.21. The molecule has 0 saturated carbocycles. The van der Waals surface area contributed by atoms with Gasteiger partial charge in [-0.1, -0.05) is 152 Å². The van der Waals surface area contributed by atoms with E-state index in [0.717, 1.165) is 28.6 Å². The first-order valence-corrected chi connectivity index (χ1v) is 18.9. The van der Waals surface area contributed by atoms with E-state index in [4.69, 9.17) is 4.74 Å². The molecule has 8 aromatic rings. The number of anilines is 3. The first-order chi connectivity index (χ1) is 24.3. The van der Waals surface area contributed by atoms with E-state index >= 15 is 0 Å². The number of hydrogen-bond acceptors (Lipinski definition) is 2. The Hall–Kier alpha value is -6.16. The molecule has 0 aromatic heterocycles. The van der Waals surface area contributed by atoms with Gasteiger partial charge in [0, 0.05) is 22.8 Å². The molecule has 8 aromatic carbocycles. The number of fused-ring (bicyclic) bond motifs is 10. The molecule has 0 radical (unpaired) electrons. The van der Waals surface area contributed by atoms with E-state index in [-0.39, 0.29) is 0 Å². The molecule has 0 amide bonds. The lowest BCUT2D eigenvalue weighted by Gasteiger charge is -2.38. The van der Waals surface area contributed by atoms with Crippen LogP contribution in [0.1, 0.15) is 0 Å². The molecular weight excluding hydrogens is 611 g/mol. The van der Waals surface area contributed by atoms with Gasteiger partial charge in [-0.2, -0.15) is 0 Å². The van der Waals surface area contributed by atoms with Crippen molar-refractivity contribution in [3.8, 4) is 33.8 Å². The quantitative estimate of drug-likeness (QED) is 0.178. The third-order valence-corrected chi connectivity index (χ3v) is 15.3. The molecule has 2 aliphatic rings. The number of rotatable bonds is 4. The molecule has 10 rings (SSSR count). The van der Waals surface area contributed by atoms with Gasteiger partial charge >= 0.3 is 0 Å². The smallest absolute Gasteiger partial charge is 0.189 e. The average molecular weight is 642 g/mol. The predicted octanol–water partition coefficient (Wildman–Crippen LogP) is 9.44. The van der Waals surface area contributed by atoms with Gasteiger partial charge in [0.15, 0.2) is 8.07 Å². The van der Waals surface area contributed by atoms with Crippen LogP contribution in [0.25, 0.3) is 33.0 Å². The van der Waals surface area contributed by atoms with Crippen molar-refractivity contribution in [2.75, 3.05) is 4.90 Å². The number of para-hydroxylation sites is 1. The molecule has 49 heavy (non-hydrogen) atoms. The van der Waals surface area contributed by atoms with Crippen molar-refractivity contribution < 1.29 is 4.74 Å². The zero-order chi connectivity index (χ0) is 32.4. The maximum absolute atomic E-state index is 6.93. The summed E-state index contributed by atoms with van der Waals surface area (Å²) in [6, 6.07) is 68.4. The van der Waals surface area contributed by atoms with E-state index in [2.05, 4.69) is 193 Å². The predicted molar refractivity (Wildman–Crippen MR) is 207 cm³/mol. The van der Waals surface area contributed by atoms with E-state index in [1.807, 2.05) is 0 Å². The number of nitrogens with zero attached hydrogens (tertiary/aromatic N) is 1. The largest absolute Gasteiger partial charge is 0.457 e. The van der Waals surface area contributed by atoms with Crippen molar-refractivity contribution >= 4 is 56.7 Å². The van der Waals surface area contributed by atoms with Crippen LogP contribution in [0.5, 0.6) is 11.5 Å². The molecular formula is C46H31NOSi. The minimum Gasteiger partial charge on any atom is -0.457 e. The minimum absolute atomic E-state index is 0.931. The van der Waals surface area contributed by atoms with Crippen molar-refractivity contribution in [3.63, 3.8) is 0 Å². The van der Waals surface area contributed by atoms with Crippen molar-refractivity contribution in [2.45, 2.75) is 0 Å². The summed E-state index contributed by atoms with van der Waals surface area (Å²) in [6.45, 7) is 0. The zero-order valence-electron chi connectivity index (χ0n) is 26.8. The second kappa shape index (κ2) is 10.9. The molecule has 3 heteroatoms. The number of benzene rings is 8. The zero-order valence-corrected chi connectivity index (χ0v) is 27.8. The van der Waals surface area contributed by atoms with Crippen molar-refractivity contribution in [3.05, 3.63) is 188 Å². The summed E-state index contributed by atoms with van der Waals surface area (Å²) in [5.41, 5.74) is 8.37. The van der Waals surface area contributed by atoms with Crippen LogP contribution in [0.15, 0.2) is 188 Å². The normalized spacial score (nSPS) is 13.2. The summed E-state index contributed by atoms with van der Waals surface area (Å²) in [6.07, 6.45) is 0. The highest BCUT2D eigenvalue weighted by atomic mass is 28.3. The van der Waals surface area contributed by atoms with Crippen LogP contribution in [-0.4, -0.2) is 8.07 Å². The van der Waals surface area contributed by atoms with E-state index in [9.17, 15) is 0 Å². The molecule has 2 heterocycles. The maximum atomic E-state index is 6.93. The molecule has 0 aliphatic carbocycles. The number of hydrogen-bond donors (Lipinski definition) is 0. The van der Waals surface area contributed by atoms with Crippen LogP contribution in [0.3, 0.4) is 0 Å². The monoisotopic (exact) mass is 641 g/mol. The molecule has 2 aliphatic heterocycles. The summed E-state index contributed by atoms with van der Waals surface area (Å²) in [5.74, 6) is 1.88. The average Bonchev–Trinajstić information content (AvgIpc) is 3.46. The van der Waals surface area contributed by atoms with Gasteiger partial charge in [0.05, 0.1) is 5.69 Å². The molecule has 0 unspecified atom stereocenters. The summed E-state index contributed by atoms with van der Waals surface area (Å²) >= 11 is 0. The fraction of sp³-hybridized carbons (Fsp3) is 0. The Morgan fingerprint density at radius 1 is 0.388 bits per heavy atom.